The highest BCUT2D eigenvalue weighted by Gasteiger charge is 2.29. The number of methoxy groups -OCH3 is 1. The summed E-state index contributed by atoms with van der Waals surface area (Å²) in [6.45, 7) is 3.49. The lowest BCUT2D eigenvalue weighted by Gasteiger charge is -2.28. The Balaban J connectivity index is 2.63. The number of amides is 1. The van der Waals surface area contributed by atoms with Crippen LogP contribution in [0.1, 0.15) is 19.4 Å². The van der Waals surface area contributed by atoms with Crippen LogP contribution in [0.3, 0.4) is 0 Å². The Morgan fingerprint density at radius 3 is 2.29 bits per heavy atom. The molecule has 1 aromatic rings. The van der Waals surface area contributed by atoms with Gasteiger partial charge in [0.15, 0.2) is 6.61 Å². The van der Waals surface area contributed by atoms with Gasteiger partial charge in [-0.2, -0.15) is 0 Å². The Morgan fingerprint density at radius 1 is 1.24 bits per heavy atom. The summed E-state index contributed by atoms with van der Waals surface area (Å²) < 4.78 is 10.2. The maximum atomic E-state index is 12.2. The van der Waals surface area contributed by atoms with Gasteiger partial charge in [-0.3, -0.25) is 4.79 Å². The summed E-state index contributed by atoms with van der Waals surface area (Å²) in [6, 6.07) is 6.94. The van der Waals surface area contributed by atoms with E-state index in [2.05, 4.69) is 0 Å². The van der Waals surface area contributed by atoms with Gasteiger partial charge in [0.2, 0.25) is 0 Å². The lowest BCUT2D eigenvalue weighted by molar-refractivity contribution is -0.150. The summed E-state index contributed by atoms with van der Waals surface area (Å²) in [5.41, 5.74) is 0.0552. The van der Waals surface area contributed by atoms with Crippen LogP contribution < -0.4 is 4.74 Å². The second-order valence-electron chi connectivity index (χ2n) is 5.20. The number of hydrogen-bond acceptors (Lipinski definition) is 4. The van der Waals surface area contributed by atoms with Crippen molar-refractivity contribution in [2.24, 2.45) is 0 Å². The molecule has 0 saturated carbocycles. The maximum Gasteiger partial charge on any atom is 0.341 e. The van der Waals surface area contributed by atoms with E-state index in [9.17, 15) is 9.59 Å². The Labute approximate surface area is 124 Å². The average molecular weight is 295 g/mol. The molecule has 0 unspecified atom stereocenters. The molecule has 0 saturated heterocycles. The van der Waals surface area contributed by atoms with Crippen molar-refractivity contribution >= 4 is 11.9 Å². The minimum absolute atomic E-state index is 0.115. The fraction of sp³-hybridized carbons (Fsp3) is 0.467. The van der Waals surface area contributed by atoms with Crippen molar-refractivity contribution in [2.45, 2.75) is 26.0 Å². The predicted octanol–water partition coefficient (Wildman–Crippen LogP) is 1.53. The van der Waals surface area contributed by atoms with E-state index in [0.717, 1.165) is 5.56 Å². The fourth-order valence-corrected chi connectivity index (χ4v) is 1.73. The molecule has 1 rings (SSSR count). The second-order valence-corrected chi connectivity index (χ2v) is 5.20. The zero-order chi connectivity index (χ0) is 16.0. The summed E-state index contributed by atoms with van der Waals surface area (Å²) in [5.74, 6) is -0.658. The highest BCUT2D eigenvalue weighted by molar-refractivity contribution is 5.84. The van der Waals surface area contributed by atoms with E-state index < -0.39 is 11.6 Å². The van der Waals surface area contributed by atoms with E-state index in [1.165, 1.54) is 7.11 Å². The molecule has 0 aliphatic carbocycles. The Bertz CT molecular complexity index is 495. The first kappa shape index (κ1) is 17.0. The molecule has 0 spiro atoms. The average Bonchev–Trinajstić information content (AvgIpc) is 2.45. The molecular formula is C15H21NO5. The molecule has 0 fully saturated rings. The minimum Gasteiger partial charge on any atom is -0.482 e. The Hall–Kier alpha value is -2.08. The third kappa shape index (κ3) is 5.07. The van der Waals surface area contributed by atoms with Crippen LogP contribution in [-0.2, 0) is 20.9 Å². The number of carbonyl (C=O) groups is 2. The quantitative estimate of drug-likeness (QED) is 0.825. The first-order chi connectivity index (χ1) is 9.76. The number of hydrogen-bond donors (Lipinski definition) is 1. The molecule has 1 amide bonds. The van der Waals surface area contributed by atoms with Gasteiger partial charge in [0.25, 0.3) is 5.91 Å². The number of rotatable bonds is 7. The van der Waals surface area contributed by atoms with Crippen molar-refractivity contribution in [3.05, 3.63) is 29.8 Å². The van der Waals surface area contributed by atoms with Crippen molar-refractivity contribution in [2.75, 3.05) is 20.8 Å². The van der Waals surface area contributed by atoms with Crippen LogP contribution in [0.15, 0.2) is 24.3 Å². The first-order valence-corrected chi connectivity index (χ1v) is 6.50. The number of likely N-dealkylation sites (N-methyl/N-ethyl adjacent to an activating group) is 1. The van der Waals surface area contributed by atoms with Gasteiger partial charge in [-0.25, -0.2) is 4.79 Å². The molecule has 116 valence electrons. The van der Waals surface area contributed by atoms with Crippen molar-refractivity contribution < 1.29 is 24.2 Å². The minimum atomic E-state index is -1.02. The lowest BCUT2D eigenvalue weighted by atomic mass is 10.1. The van der Waals surface area contributed by atoms with Crippen molar-refractivity contribution in [3.63, 3.8) is 0 Å². The molecule has 0 atom stereocenters. The molecule has 0 bridgehead atoms. The number of nitrogens with zero attached hydrogens (tertiary/aromatic N) is 1. The smallest absolute Gasteiger partial charge is 0.341 e. The van der Waals surface area contributed by atoms with Crippen molar-refractivity contribution in [1.82, 2.24) is 4.90 Å². The van der Waals surface area contributed by atoms with Crippen molar-refractivity contribution in [1.29, 1.82) is 0 Å². The van der Waals surface area contributed by atoms with Gasteiger partial charge in [0.05, 0.1) is 0 Å². The van der Waals surface area contributed by atoms with Crippen LogP contribution in [0.4, 0.5) is 0 Å². The molecule has 0 aliphatic heterocycles. The van der Waals surface area contributed by atoms with Crippen LogP contribution >= 0.6 is 0 Å². The molecule has 0 aliphatic rings. The van der Waals surface area contributed by atoms with Gasteiger partial charge in [0, 0.05) is 20.7 Å². The van der Waals surface area contributed by atoms with Gasteiger partial charge < -0.3 is 19.5 Å². The summed E-state index contributed by atoms with van der Waals surface area (Å²) in [6.07, 6.45) is 0. The van der Waals surface area contributed by atoms with Crippen molar-refractivity contribution in [3.8, 4) is 5.75 Å². The van der Waals surface area contributed by atoms with E-state index in [1.54, 1.807) is 50.1 Å². The van der Waals surface area contributed by atoms with Crippen LogP contribution in [-0.4, -0.2) is 48.2 Å². The largest absolute Gasteiger partial charge is 0.482 e. The summed E-state index contributed by atoms with van der Waals surface area (Å²) in [5, 5.41) is 8.53. The first-order valence-electron chi connectivity index (χ1n) is 6.50. The predicted molar refractivity (Wildman–Crippen MR) is 77.1 cm³/mol. The fourth-order valence-electron chi connectivity index (χ4n) is 1.73. The monoisotopic (exact) mass is 295 g/mol. The highest BCUT2D eigenvalue weighted by atomic mass is 16.5. The maximum absolute atomic E-state index is 12.2. The second kappa shape index (κ2) is 7.08. The number of benzene rings is 1. The summed E-state index contributed by atoms with van der Waals surface area (Å²) in [7, 11) is 3.21. The normalized spacial score (nSPS) is 11.0. The number of aliphatic carboxylic acids is 1. The molecule has 6 nitrogen and oxygen atoms in total. The SMILES string of the molecule is COC(C)(C)C(=O)N(C)Cc1ccc(OCC(=O)O)cc1. The van der Waals surface area contributed by atoms with E-state index in [4.69, 9.17) is 14.6 Å². The molecular weight excluding hydrogens is 274 g/mol. The molecule has 1 N–H and O–H groups in total. The van der Waals surface area contributed by atoms with Gasteiger partial charge in [-0.1, -0.05) is 12.1 Å². The number of carbonyl (C=O) groups excluding carboxylic acids is 1. The Kier molecular flexibility index (Phi) is 5.72. The molecule has 21 heavy (non-hydrogen) atoms. The van der Waals surface area contributed by atoms with Gasteiger partial charge in [-0.15, -0.1) is 0 Å². The number of carboxylic acids is 1. The molecule has 0 heterocycles. The van der Waals surface area contributed by atoms with Gasteiger partial charge in [-0.05, 0) is 31.5 Å². The summed E-state index contributed by atoms with van der Waals surface area (Å²) >= 11 is 0. The van der Waals surface area contributed by atoms with Gasteiger partial charge >= 0.3 is 5.97 Å². The zero-order valence-corrected chi connectivity index (χ0v) is 12.8. The molecule has 6 heteroatoms. The van der Waals surface area contributed by atoms with E-state index in [1.807, 2.05) is 0 Å². The van der Waals surface area contributed by atoms with E-state index >= 15 is 0 Å². The standard InChI is InChI=1S/C15H21NO5/c1-15(2,20-4)14(19)16(3)9-11-5-7-12(8-6-11)21-10-13(17)18/h5-8H,9-10H2,1-4H3,(H,17,18). The van der Waals surface area contributed by atoms with Crippen LogP contribution in [0.2, 0.25) is 0 Å². The number of carboxylic acid groups (broad SMARTS) is 1. The van der Waals surface area contributed by atoms with Crippen LogP contribution in [0.5, 0.6) is 5.75 Å². The molecule has 0 aromatic heterocycles. The third-order valence-corrected chi connectivity index (χ3v) is 3.08. The molecule has 1 aromatic carbocycles. The molecule has 0 radical (unpaired) electrons. The van der Waals surface area contributed by atoms with Crippen LogP contribution in [0, 0.1) is 0 Å². The van der Waals surface area contributed by atoms with E-state index in [0.29, 0.717) is 12.3 Å². The zero-order valence-electron chi connectivity index (χ0n) is 12.8. The number of ether oxygens (including phenoxy) is 2. The van der Waals surface area contributed by atoms with Crippen LogP contribution in [0.25, 0.3) is 0 Å². The highest BCUT2D eigenvalue weighted by Crippen LogP contribution is 2.16. The van der Waals surface area contributed by atoms with Gasteiger partial charge in [0.1, 0.15) is 11.4 Å². The third-order valence-electron chi connectivity index (χ3n) is 3.08. The topological polar surface area (TPSA) is 76.1 Å². The lowest BCUT2D eigenvalue weighted by Crippen LogP contribution is -2.44. The summed E-state index contributed by atoms with van der Waals surface area (Å²) in [4.78, 5) is 24.1. The van der Waals surface area contributed by atoms with E-state index in [-0.39, 0.29) is 12.5 Å². The Morgan fingerprint density at radius 2 is 1.81 bits per heavy atom.